The fourth-order valence-electron chi connectivity index (χ4n) is 3.49. The Kier molecular flexibility index (Phi) is 6.29. The monoisotopic (exact) mass is 381 g/mol. The van der Waals surface area contributed by atoms with Gasteiger partial charge in [-0.15, -0.1) is 0 Å². The first-order valence-corrected chi connectivity index (χ1v) is 10.0. The Morgan fingerprint density at radius 3 is 2.50 bits per heavy atom. The first kappa shape index (κ1) is 20.3. The summed E-state index contributed by atoms with van der Waals surface area (Å²) in [6.07, 6.45) is 2.13. The van der Waals surface area contributed by atoms with Crippen molar-refractivity contribution in [3.63, 3.8) is 0 Å². The van der Waals surface area contributed by atoms with E-state index in [2.05, 4.69) is 51.4 Å². The van der Waals surface area contributed by atoms with Crippen LogP contribution in [0.2, 0.25) is 0 Å². The minimum atomic E-state index is -0.159. The smallest absolute Gasteiger partial charge is 0.291 e. The molecule has 0 bridgehead atoms. The molecule has 6 heteroatoms. The molecule has 1 aliphatic rings. The summed E-state index contributed by atoms with van der Waals surface area (Å²) in [5, 5.41) is 3.66. The summed E-state index contributed by atoms with van der Waals surface area (Å²) in [7, 11) is 3.45. The lowest BCUT2D eigenvalue weighted by molar-refractivity contribution is 0.0815. The third kappa shape index (κ3) is 4.50. The zero-order chi connectivity index (χ0) is 20.3. The highest BCUT2D eigenvalue weighted by Gasteiger charge is 2.26. The van der Waals surface area contributed by atoms with Crippen LogP contribution in [0.3, 0.4) is 0 Å². The molecule has 0 unspecified atom stereocenters. The number of benzene rings is 1. The van der Waals surface area contributed by atoms with Crippen LogP contribution in [0.15, 0.2) is 24.3 Å². The summed E-state index contributed by atoms with van der Waals surface area (Å²) >= 11 is 0. The van der Waals surface area contributed by atoms with E-state index in [0.29, 0.717) is 6.04 Å². The summed E-state index contributed by atoms with van der Waals surface area (Å²) in [6, 6.07) is 9.22. The van der Waals surface area contributed by atoms with Gasteiger partial charge in [0.15, 0.2) is 0 Å². The highest BCUT2D eigenvalue weighted by molar-refractivity contribution is 5.90. The Labute approximate surface area is 168 Å². The molecule has 0 saturated carbocycles. The number of amides is 1. The second-order valence-corrected chi connectivity index (χ2v) is 7.76. The number of carbonyl (C=O) groups is 1. The largest absolute Gasteiger partial charge is 0.355 e. The van der Waals surface area contributed by atoms with Crippen molar-refractivity contribution >= 4 is 11.7 Å². The predicted octanol–water partition coefficient (Wildman–Crippen LogP) is 2.73. The molecule has 3 rings (SSSR count). The van der Waals surface area contributed by atoms with E-state index in [0.717, 1.165) is 49.6 Å². The number of aromatic nitrogens is 2. The van der Waals surface area contributed by atoms with Crippen molar-refractivity contribution in [2.75, 3.05) is 32.1 Å². The number of hydrogen-bond donors (Lipinski definition) is 1. The van der Waals surface area contributed by atoms with Crippen molar-refractivity contribution < 1.29 is 4.79 Å². The molecular formula is C22H31N5O. The standard InChI is InChI=1S/C22H31N5O/c1-6-17-7-9-18(10-8-17)13-23-19-11-12-27(14-19)21-15(2)16(3)24-20(25-21)22(28)26(4)5/h7-10,19,23H,6,11-14H2,1-5H3/t19-/m1/s1. The van der Waals surface area contributed by atoms with E-state index in [1.54, 1.807) is 14.1 Å². The van der Waals surface area contributed by atoms with Crippen molar-refractivity contribution in [3.8, 4) is 0 Å². The zero-order valence-electron chi connectivity index (χ0n) is 17.6. The van der Waals surface area contributed by atoms with Crippen molar-refractivity contribution in [1.82, 2.24) is 20.2 Å². The van der Waals surface area contributed by atoms with E-state index < -0.39 is 0 Å². The number of rotatable bonds is 6. The second-order valence-electron chi connectivity index (χ2n) is 7.76. The molecule has 2 aromatic rings. The molecule has 0 aliphatic carbocycles. The van der Waals surface area contributed by atoms with E-state index in [4.69, 9.17) is 0 Å². The minimum absolute atomic E-state index is 0.159. The molecule has 150 valence electrons. The van der Waals surface area contributed by atoms with E-state index in [1.807, 2.05) is 13.8 Å². The molecule has 6 nitrogen and oxygen atoms in total. The van der Waals surface area contributed by atoms with E-state index in [9.17, 15) is 4.79 Å². The molecule has 1 N–H and O–H groups in total. The molecule has 1 fully saturated rings. The average molecular weight is 382 g/mol. The van der Waals surface area contributed by atoms with Gasteiger partial charge in [0.25, 0.3) is 5.91 Å². The fourth-order valence-corrected chi connectivity index (χ4v) is 3.49. The van der Waals surface area contributed by atoms with Crippen LogP contribution in [0.4, 0.5) is 5.82 Å². The van der Waals surface area contributed by atoms with Crippen LogP contribution < -0.4 is 10.2 Å². The molecular weight excluding hydrogens is 350 g/mol. The van der Waals surface area contributed by atoms with E-state index in [-0.39, 0.29) is 11.7 Å². The number of nitrogens with zero attached hydrogens (tertiary/aromatic N) is 4. The van der Waals surface area contributed by atoms with Gasteiger partial charge in [0, 0.05) is 51.0 Å². The highest BCUT2D eigenvalue weighted by Crippen LogP contribution is 2.24. The minimum Gasteiger partial charge on any atom is -0.355 e. The Morgan fingerprint density at radius 2 is 1.86 bits per heavy atom. The maximum atomic E-state index is 12.3. The molecule has 1 amide bonds. The first-order valence-electron chi connectivity index (χ1n) is 10.0. The van der Waals surface area contributed by atoms with Crippen molar-refractivity contribution in [2.24, 2.45) is 0 Å². The second kappa shape index (κ2) is 8.69. The summed E-state index contributed by atoms with van der Waals surface area (Å²) in [5.41, 5.74) is 4.59. The van der Waals surface area contributed by atoms with Crippen LogP contribution in [0.1, 0.15) is 46.3 Å². The molecule has 1 aliphatic heterocycles. The lowest BCUT2D eigenvalue weighted by atomic mass is 10.1. The lowest BCUT2D eigenvalue weighted by Gasteiger charge is -2.22. The molecule has 1 aromatic heterocycles. The van der Waals surface area contributed by atoms with Gasteiger partial charge in [-0.3, -0.25) is 4.79 Å². The van der Waals surface area contributed by atoms with Gasteiger partial charge < -0.3 is 15.1 Å². The van der Waals surface area contributed by atoms with Crippen LogP contribution in [0, 0.1) is 13.8 Å². The van der Waals surface area contributed by atoms with Gasteiger partial charge >= 0.3 is 0 Å². The van der Waals surface area contributed by atoms with Crippen LogP contribution >= 0.6 is 0 Å². The van der Waals surface area contributed by atoms with Gasteiger partial charge in [-0.25, -0.2) is 9.97 Å². The molecule has 2 heterocycles. The van der Waals surface area contributed by atoms with E-state index >= 15 is 0 Å². The number of hydrogen-bond acceptors (Lipinski definition) is 5. The van der Waals surface area contributed by atoms with Crippen molar-refractivity contribution in [3.05, 3.63) is 52.5 Å². The SMILES string of the molecule is CCc1ccc(CN[C@@H]2CCN(c3nc(C(=O)N(C)C)nc(C)c3C)C2)cc1. The Morgan fingerprint density at radius 1 is 1.18 bits per heavy atom. The summed E-state index contributed by atoms with van der Waals surface area (Å²) < 4.78 is 0. The number of anilines is 1. The number of aryl methyl sites for hydroxylation is 2. The molecule has 0 spiro atoms. The zero-order valence-corrected chi connectivity index (χ0v) is 17.6. The van der Waals surface area contributed by atoms with Gasteiger partial charge in [0.2, 0.25) is 5.82 Å². The molecule has 1 aromatic carbocycles. The normalized spacial score (nSPS) is 16.5. The highest BCUT2D eigenvalue weighted by atomic mass is 16.2. The average Bonchev–Trinajstić information content (AvgIpc) is 3.16. The van der Waals surface area contributed by atoms with Gasteiger partial charge in [-0.1, -0.05) is 31.2 Å². The van der Waals surface area contributed by atoms with Crippen LogP contribution in [-0.4, -0.2) is 54.0 Å². The number of nitrogens with one attached hydrogen (secondary N) is 1. The van der Waals surface area contributed by atoms with Crippen LogP contribution in [0.25, 0.3) is 0 Å². The van der Waals surface area contributed by atoms with Gasteiger partial charge in [-0.05, 0) is 37.8 Å². The summed E-state index contributed by atoms with van der Waals surface area (Å²) in [5.74, 6) is 0.999. The molecule has 1 saturated heterocycles. The Hall–Kier alpha value is -2.47. The third-order valence-corrected chi connectivity index (χ3v) is 5.47. The molecule has 28 heavy (non-hydrogen) atoms. The summed E-state index contributed by atoms with van der Waals surface area (Å²) in [4.78, 5) is 25.1. The quantitative estimate of drug-likeness (QED) is 0.834. The topological polar surface area (TPSA) is 61.4 Å². The third-order valence-electron chi connectivity index (χ3n) is 5.47. The van der Waals surface area contributed by atoms with Gasteiger partial charge in [0.05, 0.1) is 0 Å². The maximum Gasteiger partial charge on any atom is 0.291 e. The van der Waals surface area contributed by atoms with Crippen LogP contribution in [0.5, 0.6) is 0 Å². The Bertz CT molecular complexity index is 832. The summed E-state index contributed by atoms with van der Waals surface area (Å²) in [6.45, 7) is 8.84. The van der Waals surface area contributed by atoms with Gasteiger partial charge in [0.1, 0.15) is 5.82 Å². The maximum absolute atomic E-state index is 12.3. The van der Waals surface area contributed by atoms with Crippen molar-refractivity contribution in [1.29, 1.82) is 0 Å². The van der Waals surface area contributed by atoms with Gasteiger partial charge in [-0.2, -0.15) is 0 Å². The number of carbonyl (C=O) groups excluding carboxylic acids is 1. The Balaban J connectivity index is 1.66. The predicted molar refractivity (Wildman–Crippen MR) is 113 cm³/mol. The van der Waals surface area contributed by atoms with Crippen LogP contribution in [-0.2, 0) is 13.0 Å². The van der Waals surface area contributed by atoms with E-state index in [1.165, 1.54) is 16.0 Å². The molecule has 0 radical (unpaired) electrons. The van der Waals surface area contributed by atoms with Crippen molar-refractivity contribution in [2.45, 2.75) is 46.2 Å². The first-order chi connectivity index (χ1) is 13.4. The molecule has 1 atom stereocenters. The fraction of sp³-hybridized carbons (Fsp3) is 0.500. The lowest BCUT2D eigenvalue weighted by Crippen LogP contribution is -2.33.